The molecule has 2 aromatic rings. The van der Waals surface area contributed by atoms with E-state index in [1.54, 1.807) is 0 Å². The van der Waals surface area contributed by atoms with Gasteiger partial charge >= 0.3 is 0 Å². The highest BCUT2D eigenvalue weighted by atomic mass is 32.2. The third kappa shape index (κ3) is 5.83. The van der Waals surface area contributed by atoms with Crippen LogP contribution in [0, 0.1) is 5.92 Å². The van der Waals surface area contributed by atoms with E-state index in [1.807, 2.05) is 6.07 Å². The second kappa shape index (κ2) is 10.4. The molecule has 0 bridgehead atoms. The Morgan fingerprint density at radius 1 is 1.06 bits per heavy atom. The first kappa shape index (κ1) is 23.9. The van der Waals surface area contributed by atoms with Crippen molar-refractivity contribution in [2.24, 2.45) is 11.7 Å². The SMILES string of the molecule is CCN(CC1CCNCC1)C1CCc2ccc(CS(=O)(=O)c3ccc(C(N)=O)cc3)cc2C1. The van der Waals surface area contributed by atoms with Crippen molar-refractivity contribution in [1.82, 2.24) is 10.2 Å². The number of carbonyl (C=O) groups is 1. The van der Waals surface area contributed by atoms with Gasteiger partial charge in [0.05, 0.1) is 10.6 Å². The highest BCUT2D eigenvalue weighted by molar-refractivity contribution is 7.90. The summed E-state index contributed by atoms with van der Waals surface area (Å²) in [6.45, 7) is 6.72. The van der Waals surface area contributed by atoms with Crippen LogP contribution in [-0.2, 0) is 28.4 Å². The lowest BCUT2D eigenvalue weighted by atomic mass is 9.86. The highest BCUT2D eigenvalue weighted by Gasteiger charge is 2.26. The van der Waals surface area contributed by atoms with Gasteiger partial charge in [0, 0.05) is 18.2 Å². The molecule has 0 radical (unpaired) electrons. The number of amides is 1. The van der Waals surface area contributed by atoms with Gasteiger partial charge in [0.15, 0.2) is 9.84 Å². The first-order valence-electron chi connectivity index (χ1n) is 12.0. The van der Waals surface area contributed by atoms with Gasteiger partial charge in [-0.1, -0.05) is 25.1 Å². The third-order valence-corrected chi connectivity index (χ3v) is 8.91. The van der Waals surface area contributed by atoms with Gasteiger partial charge in [0.2, 0.25) is 5.91 Å². The van der Waals surface area contributed by atoms with E-state index in [0.29, 0.717) is 11.6 Å². The first-order chi connectivity index (χ1) is 15.9. The summed E-state index contributed by atoms with van der Waals surface area (Å²) in [4.78, 5) is 14.1. The first-order valence-corrected chi connectivity index (χ1v) is 13.7. The van der Waals surface area contributed by atoms with E-state index >= 15 is 0 Å². The number of likely N-dealkylation sites (N-methyl/N-ethyl adjacent to an activating group) is 1. The number of carbonyl (C=O) groups excluding carboxylic acids is 1. The average molecular weight is 470 g/mol. The standard InChI is InChI=1S/C26H35N3O3S/c1-2-29(17-19-11-13-28-14-12-19)24-8-5-21-4-3-20(15-23(21)16-24)18-33(31,32)25-9-6-22(7-10-25)26(27)30/h3-4,6-7,9-10,15,19,24,28H,2,5,8,11-14,16-18H2,1H3,(H2,27,30). The van der Waals surface area contributed by atoms with E-state index in [-0.39, 0.29) is 10.6 Å². The summed E-state index contributed by atoms with van der Waals surface area (Å²) in [7, 11) is -3.50. The van der Waals surface area contributed by atoms with E-state index in [9.17, 15) is 13.2 Å². The number of piperidine rings is 1. The fraction of sp³-hybridized carbons (Fsp3) is 0.500. The van der Waals surface area contributed by atoms with Crippen molar-refractivity contribution >= 4 is 15.7 Å². The summed E-state index contributed by atoms with van der Waals surface area (Å²) < 4.78 is 25.9. The molecule has 1 amide bonds. The molecule has 0 saturated carbocycles. The van der Waals surface area contributed by atoms with Crippen LogP contribution < -0.4 is 11.1 Å². The Labute approximate surface area is 197 Å². The number of nitrogens with zero attached hydrogens (tertiary/aromatic N) is 1. The molecule has 1 aliphatic heterocycles. The van der Waals surface area contributed by atoms with Crippen LogP contribution in [0.5, 0.6) is 0 Å². The van der Waals surface area contributed by atoms with Crippen molar-refractivity contribution in [1.29, 1.82) is 0 Å². The molecule has 4 rings (SSSR count). The summed E-state index contributed by atoms with van der Waals surface area (Å²) in [6.07, 6.45) is 5.69. The molecule has 0 aromatic heterocycles. The van der Waals surface area contributed by atoms with Crippen LogP contribution in [-0.4, -0.2) is 51.4 Å². The van der Waals surface area contributed by atoms with E-state index in [1.165, 1.54) is 48.2 Å². The number of nitrogens with one attached hydrogen (secondary N) is 1. The molecule has 2 aliphatic rings. The van der Waals surface area contributed by atoms with Crippen LogP contribution in [0.25, 0.3) is 0 Å². The summed E-state index contributed by atoms with van der Waals surface area (Å²) in [6, 6.07) is 12.5. The van der Waals surface area contributed by atoms with Crippen LogP contribution >= 0.6 is 0 Å². The Bertz CT molecular complexity index is 1080. The molecule has 6 nitrogen and oxygen atoms in total. The molecule has 2 aromatic carbocycles. The number of fused-ring (bicyclic) bond motifs is 1. The van der Waals surface area contributed by atoms with Crippen LogP contribution in [0.2, 0.25) is 0 Å². The number of hydrogen-bond donors (Lipinski definition) is 2. The zero-order valence-corrected chi connectivity index (χ0v) is 20.2. The van der Waals surface area contributed by atoms with E-state index in [4.69, 9.17) is 5.73 Å². The number of primary amides is 1. The second-order valence-corrected chi connectivity index (χ2v) is 11.4. The zero-order valence-electron chi connectivity index (χ0n) is 19.4. The van der Waals surface area contributed by atoms with Gasteiger partial charge in [-0.2, -0.15) is 0 Å². The molecule has 1 unspecified atom stereocenters. The second-order valence-electron chi connectivity index (χ2n) is 9.43. The van der Waals surface area contributed by atoms with Crippen molar-refractivity contribution < 1.29 is 13.2 Å². The average Bonchev–Trinajstić information content (AvgIpc) is 2.82. The molecule has 1 fully saturated rings. The van der Waals surface area contributed by atoms with Crippen LogP contribution in [0.4, 0.5) is 0 Å². The summed E-state index contributed by atoms with van der Waals surface area (Å²) in [5.74, 6) is 0.155. The Morgan fingerprint density at radius 2 is 1.79 bits per heavy atom. The predicted octanol–water partition coefficient (Wildman–Crippen LogP) is 2.94. The molecule has 0 spiro atoms. The molecule has 1 atom stereocenters. The minimum atomic E-state index is -3.50. The largest absolute Gasteiger partial charge is 0.366 e. The molecular formula is C26H35N3O3S. The van der Waals surface area contributed by atoms with Crippen molar-refractivity contribution in [3.8, 4) is 0 Å². The lowest BCUT2D eigenvalue weighted by Gasteiger charge is -2.37. The van der Waals surface area contributed by atoms with Gasteiger partial charge in [-0.05, 0) is 98.6 Å². The van der Waals surface area contributed by atoms with E-state index in [0.717, 1.165) is 56.9 Å². The predicted molar refractivity (Wildman–Crippen MR) is 131 cm³/mol. The quantitative estimate of drug-likeness (QED) is 0.620. The van der Waals surface area contributed by atoms with Gasteiger partial charge in [-0.15, -0.1) is 0 Å². The van der Waals surface area contributed by atoms with Gasteiger partial charge in [0.25, 0.3) is 0 Å². The lowest BCUT2D eigenvalue weighted by Crippen LogP contribution is -2.44. The number of aryl methyl sites for hydroxylation is 1. The highest BCUT2D eigenvalue weighted by Crippen LogP contribution is 2.28. The number of benzene rings is 2. The van der Waals surface area contributed by atoms with Crippen molar-refractivity contribution in [3.63, 3.8) is 0 Å². The maximum atomic E-state index is 13.0. The monoisotopic (exact) mass is 469 g/mol. The number of rotatable bonds is 8. The van der Waals surface area contributed by atoms with E-state index in [2.05, 4.69) is 29.3 Å². The molecule has 178 valence electrons. The summed E-state index contributed by atoms with van der Waals surface area (Å²) in [5, 5.41) is 3.45. The van der Waals surface area contributed by atoms with E-state index < -0.39 is 15.7 Å². The summed E-state index contributed by atoms with van der Waals surface area (Å²) >= 11 is 0. The molecule has 1 saturated heterocycles. The van der Waals surface area contributed by atoms with Crippen LogP contribution in [0.1, 0.15) is 53.2 Å². The summed E-state index contributed by atoms with van der Waals surface area (Å²) in [5.41, 5.74) is 9.01. The Kier molecular flexibility index (Phi) is 7.51. The maximum Gasteiger partial charge on any atom is 0.248 e. The lowest BCUT2D eigenvalue weighted by molar-refractivity contribution is 0.1000. The molecule has 33 heavy (non-hydrogen) atoms. The van der Waals surface area contributed by atoms with Crippen molar-refractivity contribution in [3.05, 3.63) is 64.7 Å². The smallest absolute Gasteiger partial charge is 0.248 e. The maximum absolute atomic E-state index is 13.0. The number of sulfone groups is 1. The normalized spacial score (nSPS) is 19.4. The number of nitrogens with two attached hydrogens (primary N) is 1. The zero-order chi connectivity index (χ0) is 23.4. The van der Waals surface area contributed by atoms with Crippen molar-refractivity contribution in [2.45, 2.75) is 55.7 Å². The molecule has 1 heterocycles. The Morgan fingerprint density at radius 3 is 2.45 bits per heavy atom. The minimum Gasteiger partial charge on any atom is -0.366 e. The minimum absolute atomic E-state index is 0.0482. The number of hydrogen-bond acceptors (Lipinski definition) is 5. The molecule has 3 N–H and O–H groups in total. The molecular weight excluding hydrogens is 434 g/mol. The fourth-order valence-electron chi connectivity index (χ4n) is 5.25. The molecule has 7 heteroatoms. The van der Waals surface area contributed by atoms with Gasteiger partial charge in [-0.25, -0.2) is 8.42 Å². The van der Waals surface area contributed by atoms with Crippen molar-refractivity contribution in [2.75, 3.05) is 26.2 Å². The van der Waals surface area contributed by atoms with Gasteiger partial charge < -0.3 is 16.0 Å². The van der Waals surface area contributed by atoms with Gasteiger partial charge in [0.1, 0.15) is 0 Å². The topological polar surface area (TPSA) is 92.5 Å². The third-order valence-electron chi connectivity index (χ3n) is 7.20. The Balaban J connectivity index is 1.46. The Hall–Kier alpha value is -2.22. The fourth-order valence-corrected chi connectivity index (χ4v) is 6.59. The van der Waals surface area contributed by atoms with Crippen LogP contribution in [0.3, 0.4) is 0 Å². The van der Waals surface area contributed by atoms with Crippen LogP contribution in [0.15, 0.2) is 47.4 Å². The van der Waals surface area contributed by atoms with Gasteiger partial charge in [-0.3, -0.25) is 4.79 Å². The molecule has 1 aliphatic carbocycles.